The van der Waals surface area contributed by atoms with Crippen molar-refractivity contribution in [3.8, 4) is 9.88 Å². The minimum atomic E-state index is -0.276. The summed E-state index contributed by atoms with van der Waals surface area (Å²) < 4.78 is 1.01. The molecule has 114 valence electrons. The van der Waals surface area contributed by atoms with E-state index in [-0.39, 0.29) is 5.91 Å². The number of thiazole rings is 1. The Balaban J connectivity index is 1.56. The molecule has 23 heavy (non-hydrogen) atoms. The molecular formula is C15H9BrN4OS2. The number of anilines is 1. The molecule has 0 spiro atoms. The fourth-order valence-electron chi connectivity index (χ4n) is 2.10. The molecule has 3 heterocycles. The number of rotatable bonds is 3. The van der Waals surface area contributed by atoms with Crippen LogP contribution in [-0.2, 0) is 0 Å². The summed E-state index contributed by atoms with van der Waals surface area (Å²) in [5.74, 6) is 0.145. The van der Waals surface area contributed by atoms with Crippen molar-refractivity contribution in [3.63, 3.8) is 0 Å². The maximum absolute atomic E-state index is 12.3. The number of thiophene rings is 1. The van der Waals surface area contributed by atoms with Gasteiger partial charge in [0.15, 0.2) is 0 Å². The Morgan fingerprint density at radius 1 is 1.17 bits per heavy atom. The third-order valence-corrected chi connectivity index (χ3v) is 5.84. The van der Waals surface area contributed by atoms with Crippen LogP contribution in [0.25, 0.3) is 20.9 Å². The van der Waals surface area contributed by atoms with Crippen LogP contribution in [-0.4, -0.2) is 20.9 Å². The van der Waals surface area contributed by atoms with Crippen molar-refractivity contribution in [2.75, 3.05) is 5.32 Å². The maximum atomic E-state index is 12.3. The van der Waals surface area contributed by atoms with Gasteiger partial charge in [-0.1, -0.05) is 12.1 Å². The van der Waals surface area contributed by atoms with Crippen LogP contribution in [0.2, 0.25) is 0 Å². The van der Waals surface area contributed by atoms with Gasteiger partial charge in [0.2, 0.25) is 5.95 Å². The Kier molecular flexibility index (Phi) is 3.72. The molecule has 1 amide bonds. The van der Waals surface area contributed by atoms with Gasteiger partial charge >= 0.3 is 0 Å². The summed E-state index contributed by atoms with van der Waals surface area (Å²) in [6, 6.07) is 9.60. The first-order valence-electron chi connectivity index (χ1n) is 6.65. The number of H-pyrrole nitrogens is 1. The first-order valence-corrected chi connectivity index (χ1v) is 9.20. The fourth-order valence-corrected chi connectivity index (χ4v) is 4.41. The third kappa shape index (κ3) is 2.92. The second-order valence-electron chi connectivity index (χ2n) is 4.72. The number of fused-ring (bicyclic) bond motifs is 1. The summed E-state index contributed by atoms with van der Waals surface area (Å²) in [5, 5.41) is 7.32. The van der Waals surface area contributed by atoms with Crippen molar-refractivity contribution < 1.29 is 4.79 Å². The molecule has 0 saturated heterocycles. The van der Waals surface area contributed by atoms with E-state index in [1.807, 2.05) is 35.7 Å². The van der Waals surface area contributed by atoms with Crippen LogP contribution in [0.15, 0.2) is 45.6 Å². The number of hydrogen-bond acceptors (Lipinski definition) is 5. The smallest absolute Gasteiger partial charge is 0.277 e. The number of carbonyl (C=O) groups is 1. The molecule has 2 N–H and O–H groups in total. The molecule has 0 radical (unpaired) electrons. The van der Waals surface area contributed by atoms with E-state index in [1.165, 1.54) is 11.3 Å². The van der Waals surface area contributed by atoms with Crippen molar-refractivity contribution in [1.29, 1.82) is 0 Å². The highest BCUT2D eigenvalue weighted by Gasteiger charge is 2.14. The van der Waals surface area contributed by atoms with Gasteiger partial charge in [-0.15, -0.1) is 22.7 Å². The van der Waals surface area contributed by atoms with Gasteiger partial charge < -0.3 is 4.98 Å². The lowest BCUT2D eigenvalue weighted by Crippen LogP contribution is -2.13. The van der Waals surface area contributed by atoms with Gasteiger partial charge in [0.1, 0.15) is 10.7 Å². The van der Waals surface area contributed by atoms with Gasteiger partial charge in [-0.05, 0) is 34.1 Å². The Morgan fingerprint density at radius 2 is 2.04 bits per heavy atom. The largest absolute Gasteiger partial charge is 0.324 e. The van der Waals surface area contributed by atoms with E-state index < -0.39 is 0 Å². The molecule has 0 aliphatic heterocycles. The Bertz CT molecular complexity index is 971. The van der Waals surface area contributed by atoms with E-state index >= 15 is 0 Å². The van der Waals surface area contributed by atoms with E-state index in [1.54, 1.807) is 16.7 Å². The number of nitrogens with one attached hydrogen (secondary N) is 2. The van der Waals surface area contributed by atoms with Gasteiger partial charge in [0.05, 0.1) is 15.9 Å². The van der Waals surface area contributed by atoms with Crippen molar-refractivity contribution in [1.82, 2.24) is 15.0 Å². The molecule has 0 aliphatic carbocycles. The first kappa shape index (κ1) is 14.6. The van der Waals surface area contributed by atoms with Crippen LogP contribution in [0.3, 0.4) is 0 Å². The van der Waals surface area contributed by atoms with Gasteiger partial charge in [0, 0.05) is 15.2 Å². The van der Waals surface area contributed by atoms with Gasteiger partial charge in [-0.25, -0.2) is 9.97 Å². The van der Waals surface area contributed by atoms with Crippen LogP contribution in [0.5, 0.6) is 0 Å². The Labute approximate surface area is 147 Å². The molecule has 0 unspecified atom stereocenters. The number of carbonyl (C=O) groups excluding carboxylic acids is 1. The van der Waals surface area contributed by atoms with Crippen LogP contribution < -0.4 is 5.32 Å². The number of amides is 1. The van der Waals surface area contributed by atoms with Crippen LogP contribution in [0.1, 0.15) is 10.5 Å². The minimum absolute atomic E-state index is 0.276. The minimum Gasteiger partial charge on any atom is -0.324 e. The zero-order valence-electron chi connectivity index (χ0n) is 11.5. The highest BCUT2D eigenvalue weighted by molar-refractivity contribution is 9.10. The van der Waals surface area contributed by atoms with E-state index in [0.29, 0.717) is 11.6 Å². The maximum Gasteiger partial charge on any atom is 0.277 e. The number of para-hydroxylation sites is 2. The van der Waals surface area contributed by atoms with Gasteiger partial charge in [-0.2, -0.15) is 0 Å². The van der Waals surface area contributed by atoms with E-state index in [0.717, 1.165) is 25.4 Å². The summed E-state index contributed by atoms with van der Waals surface area (Å²) in [6.07, 6.45) is 0. The first-order chi connectivity index (χ1) is 11.2. The van der Waals surface area contributed by atoms with E-state index in [9.17, 15) is 4.79 Å². The zero-order chi connectivity index (χ0) is 15.8. The monoisotopic (exact) mass is 404 g/mol. The summed E-state index contributed by atoms with van der Waals surface area (Å²) in [7, 11) is 0. The normalized spacial score (nSPS) is 11.0. The number of hydrogen-bond donors (Lipinski definition) is 2. The molecule has 1 aromatic carbocycles. The highest BCUT2D eigenvalue weighted by Crippen LogP contribution is 2.32. The summed E-state index contributed by atoms with van der Waals surface area (Å²) >= 11 is 6.45. The number of nitrogens with zero attached hydrogens (tertiary/aromatic N) is 2. The lowest BCUT2D eigenvalue weighted by atomic mass is 10.3. The molecule has 0 bridgehead atoms. The number of imidazole rings is 1. The van der Waals surface area contributed by atoms with Crippen molar-refractivity contribution >= 4 is 61.5 Å². The lowest BCUT2D eigenvalue weighted by molar-refractivity contribution is 0.102. The molecule has 0 aliphatic rings. The summed E-state index contributed by atoms with van der Waals surface area (Å²) in [6.45, 7) is 0. The number of benzene rings is 1. The zero-order valence-corrected chi connectivity index (χ0v) is 14.8. The van der Waals surface area contributed by atoms with Gasteiger partial charge in [-0.3, -0.25) is 10.1 Å². The topological polar surface area (TPSA) is 70.7 Å². The molecule has 0 saturated carbocycles. The quantitative estimate of drug-likeness (QED) is 0.516. The molecule has 4 aromatic rings. The van der Waals surface area contributed by atoms with E-state index in [2.05, 4.69) is 36.2 Å². The lowest BCUT2D eigenvalue weighted by Gasteiger charge is -1.97. The molecule has 5 nitrogen and oxygen atoms in total. The molecule has 3 aromatic heterocycles. The number of aromatic amines is 1. The molecular weight excluding hydrogens is 396 g/mol. The third-order valence-electron chi connectivity index (χ3n) is 3.14. The number of aromatic nitrogens is 3. The predicted octanol–water partition coefficient (Wildman–Crippen LogP) is 4.76. The Morgan fingerprint density at radius 3 is 2.83 bits per heavy atom. The van der Waals surface area contributed by atoms with Crippen molar-refractivity contribution in [2.45, 2.75) is 0 Å². The summed E-state index contributed by atoms with van der Waals surface area (Å²) in [4.78, 5) is 25.1. The van der Waals surface area contributed by atoms with Gasteiger partial charge in [0.25, 0.3) is 5.91 Å². The molecule has 0 atom stereocenters. The van der Waals surface area contributed by atoms with E-state index in [4.69, 9.17) is 0 Å². The van der Waals surface area contributed by atoms with Crippen LogP contribution >= 0.6 is 38.6 Å². The average molecular weight is 405 g/mol. The standard InChI is InChI=1S/C15H9BrN4OS2/c16-8-5-12(22-6-8)14-17-11(7-23-14)13(21)20-15-18-9-3-1-2-4-10(9)19-15/h1-7H,(H2,18,19,20,21). The van der Waals surface area contributed by atoms with Crippen LogP contribution in [0.4, 0.5) is 5.95 Å². The second kappa shape index (κ2) is 5.88. The Hall–Kier alpha value is -2.03. The number of halogens is 1. The highest BCUT2D eigenvalue weighted by atomic mass is 79.9. The average Bonchev–Trinajstić information content (AvgIpc) is 3.24. The fraction of sp³-hybridized carbons (Fsp3) is 0. The SMILES string of the molecule is O=C(Nc1nc2ccccc2[nH]1)c1csc(-c2cc(Br)cs2)n1. The molecule has 4 rings (SSSR count). The molecule has 8 heteroatoms. The predicted molar refractivity (Wildman–Crippen MR) is 97.2 cm³/mol. The molecule has 0 fully saturated rings. The van der Waals surface area contributed by atoms with Crippen molar-refractivity contribution in [2.24, 2.45) is 0 Å². The second-order valence-corrected chi connectivity index (χ2v) is 7.41. The van der Waals surface area contributed by atoms with Crippen LogP contribution in [0, 0.1) is 0 Å². The van der Waals surface area contributed by atoms with Crippen molar-refractivity contribution in [3.05, 3.63) is 51.3 Å². The summed E-state index contributed by atoms with van der Waals surface area (Å²) in [5.41, 5.74) is 2.07.